The Labute approximate surface area is 141 Å². The fourth-order valence-corrected chi connectivity index (χ4v) is 5.17. The van der Waals surface area contributed by atoms with Crippen LogP contribution in [0.4, 0.5) is 0 Å². The van der Waals surface area contributed by atoms with Crippen molar-refractivity contribution in [2.45, 2.75) is 37.9 Å². The lowest BCUT2D eigenvalue weighted by atomic mass is 10.1. The molecule has 0 radical (unpaired) electrons. The standard InChI is InChI=1S/C14H24N4O3S2/c1-10(2)17(3)13(19)8-22-14-16-15-12(18(14)4)7-11-5-6-23(20,21)9-11/h10-11H,5-9H2,1-4H3/t11-/m0/s1. The second-order valence-electron chi connectivity index (χ2n) is 6.32. The van der Waals surface area contributed by atoms with E-state index in [-0.39, 0.29) is 29.4 Å². The van der Waals surface area contributed by atoms with Gasteiger partial charge in [0.15, 0.2) is 15.0 Å². The zero-order chi connectivity index (χ0) is 17.2. The van der Waals surface area contributed by atoms with Gasteiger partial charge in [-0.25, -0.2) is 8.42 Å². The van der Waals surface area contributed by atoms with Gasteiger partial charge in [-0.1, -0.05) is 11.8 Å². The number of rotatable bonds is 6. The molecule has 0 bridgehead atoms. The normalized spacial score (nSPS) is 20.1. The molecular formula is C14H24N4O3S2. The minimum Gasteiger partial charge on any atom is -0.343 e. The molecule has 2 rings (SSSR count). The molecule has 130 valence electrons. The molecule has 0 saturated carbocycles. The monoisotopic (exact) mass is 360 g/mol. The predicted molar refractivity (Wildman–Crippen MR) is 90.1 cm³/mol. The van der Waals surface area contributed by atoms with E-state index in [0.29, 0.717) is 23.8 Å². The van der Waals surface area contributed by atoms with Crippen molar-refractivity contribution in [2.75, 3.05) is 24.3 Å². The Bertz CT molecular complexity index is 670. The largest absolute Gasteiger partial charge is 0.343 e. The van der Waals surface area contributed by atoms with Gasteiger partial charge in [-0.15, -0.1) is 10.2 Å². The summed E-state index contributed by atoms with van der Waals surface area (Å²) in [4.78, 5) is 13.7. The third-order valence-electron chi connectivity index (χ3n) is 4.22. The molecule has 1 amide bonds. The molecule has 0 aromatic carbocycles. The van der Waals surface area contributed by atoms with Crippen molar-refractivity contribution in [1.82, 2.24) is 19.7 Å². The molecule has 0 unspecified atom stereocenters. The summed E-state index contributed by atoms with van der Waals surface area (Å²) < 4.78 is 24.9. The summed E-state index contributed by atoms with van der Waals surface area (Å²) in [7, 11) is 0.773. The molecule has 0 aliphatic carbocycles. The lowest BCUT2D eigenvalue weighted by Crippen LogP contribution is -2.34. The summed E-state index contributed by atoms with van der Waals surface area (Å²) in [5.41, 5.74) is 0. The molecule has 1 aliphatic rings. The second kappa shape index (κ2) is 7.21. The molecule has 1 aromatic heterocycles. The highest BCUT2D eigenvalue weighted by Gasteiger charge is 2.29. The van der Waals surface area contributed by atoms with Crippen molar-refractivity contribution in [2.24, 2.45) is 13.0 Å². The first-order chi connectivity index (χ1) is 10.7. The molecule has 9 heteroatoms. The third-order valence-corrected chi connectivity index (χ3v) is 7.06. The molecular weight excluding hydrogens is 336 g/mol. The van der Waals surface area contributed by atoms with Gasteiger partial charge in [-0.2, -0.15) is 0 Å². The van der Waals surface area contributed by atoms with Crippen molar-refractivity contribution < 1.29 is 13.2 Å². The van der Waals surface area contributed by atoms with Gasteiger partial charge in [-0.3, -0.25) is 4.79 Å². The molecule has 0 spiro atoms. The topological polar surface area (TPSA) is 85.2 Å². The van der Waals surface area contributed by atoms with Gasteiger partial charge in [0.1, 0.15) is 5.82 Å². The third kappa shape index (κ3) is 4.69. The van der Waals surface area contributed by atoms with Crippen LogP contribution in [0.25, 0.3) is 0 Å². The Morgan fingerprint density at radius 1 is 1.43 bits per heavy atom. The summed E-state index contributed by atoms with van der Waals surface area (Å²) in [6.45, 7) is 3.94. The van der Waals surface area contributed by atoms with Gasteiger partial charge < -0.3 is 9.47 Å². The number of amides is 1. The first-order valence-electron chi connectivity index (χ1n) is 7.66. The maximum Gasteiger partial charge on any atom is 0.233 e. The van der Waals surface area contributed by atoms with E-state index >= 15 is 0 Å². The molecule has 7 nitrogen and oxygen atoms in total. The molecule has 1 atom stereocenters. The summed E-state index contributed by atoms with van der Waals surface area (Å²) >= 11 is 1.36. The van der Waals surface area contributed by atoms with Crippen LogP contribution in [-0.2, 0) is 28.1 Å². The van der Waals surface area contributed by atoms with Crippen LogP contribution in [0.15, 0.2) is 5.16 Å². The molecule has 0 N–H and O–H groups in total. The van der Waals surface area contributed by atoms with Gasteiger partial charge in [0, 0.05) is 26.6 Å². The maximum absolute atomic E-state index is 12.0. The van der Waals surface area contributed by atoms with Crippen molar-refractivity contribution >= 4 is 27.5 Å². The predicted octanol–water partition coefficient (Wildman–Crippen LogP) is 0.751. The molecule has 2 heterocycles. The van der Waals surface area contributed by atoms with Crippen LogP contribution in [0, 0.1) is 5.92 Å². The first kappa shape index (κ1) is 18.3. The van der Waals surface area contributed by atoms with E-state index in [9.17, 15) is 13.2 Å². The van der Waals surface area contributed by atoms with E-state index in [1.165, 1.54) is 11.8 Å². The Morgan fingerprint density at radius 3 is 2.70 bits per heavy atom. The lowest BCUT2D eigenvalue weighted by Gasteiger charge is -2.20. The number of aromatic nitrogens is 3. The number of carbonyl (C=O) groups is 1. The molecule has 1 saturated heterocycles. The Morgan fingerprint density at radius 2 is 2.13 bits per heavy atom. The Kier molecular flexibility index (Phi) is 5.72. The summed E-state index contributed by atoms with van der Waals surface area (Å²) in [5, 5.41) is 8.97. The quantitative estimate of drug-likeness (QED) is 0.696. The number of hydrogen-bond acceptors (Lipinski definition) is 6. The van der Waals surface area contributed by atoms with E-state index in [4.69, 9.17) is 0 Å². The molecule has 23 heavy (non-hydrogen) atoms. The Balaban J connectivity index is 1.93. The SMILES string of the molecule is CC(C)N(C)C(=O)CSc1nnc(C[C@@H]2CCS(=O)(=O)C2)n1C. The average Bonchev–Trinajstić information content (AvgIpc) is 2.99. The van der Waals surface area contributed by atoms with E-state index < -0.39 is 9.84 Å². The van der Waals surface area contributed by atoms with Crippen LogP contribution >= 0.6 is 11.8 Å². The van der Waals surface area contributed by atoms with Crippen LogP contribution in [0.3, 0.4) is 0 Å². The summed E-state index contributed by atoms with van der Waals surface area (Å²) in [6.07, 6.45) is 1.30. The van der Waals surface area contributed by atoms with Crippen molar-refractivity contribution in [3.63, 3.8) is 0 Å². The lowest BCUT2D eigenvalue weighted by molar-refractivity contribution is -0.128. The smallest absolute Gasteiger partial charge is 0.233 e. The second-order valence-corrected chi connectivity index (χ2v) is 9.49. The zero-order valence-electron chi connectivity index (χ0n) is 14.0. The zero-order valence-corrected chi connectivity index (χ0v) is 15.7. The van der Waals surface area contributed by atoms with E-state index in [2.05, 4.69) is 10.2 Å². The minimum atomic E-state index is -2.87. The van der Waals surface area contributed by atoms with Crippen LogP contribution < -0.4 is 0 Å². The highest BCUT2D eigenvalue weighted by atomic mass is 32.2. The van der Waals surface area contributed by atoms with Gasteiger partial charge >= 0.3 is 0 Å². The number of thioether (sulfide) groups is 1. The average molecular weight is 361 g/mol. The van der Waals surface area contributed by atoms with Crippen LogP contribution in [-0.4, -0.2) is 64.3 Å². The molecule has 1 aliphatic heterocycles. The number of carbonyl (C=O) groups excluding carboxylic acids is 1. The van der Waals surface area contributed by atoms with Gasteiger partial charge in [0.05, 0.1) is 17.3 Å². The van der Waals surface area contributed by atoms with Crippen molar-refractivity contribution in [1.29, 1.82) is 0 Å². The summed E-state index contributed by atoms with van der Waals surface area (Å²) in [6, 6.07) is 0.169. The summed E-state index contributed by atoms with van der Waals surface area (Å²) in [5.74, 6) is 1.77. The number of hydrogen-bond donors (Lipinski definition) is 0. The van der Waals surface area contributed by atoms with Crippen LogP contribution in [0.2, 0.25) is 0 Å². The minimum absolute atomic E-state index is 0.0523. The highest BCUT2D eigenvalue weighted by Crippen LogP contribution is 2.23. The van der Waals surface area contributed by atoms with Crippen molar-refractivity contribution in [3.05, 3.63) is 5.82 Å². The Hall–Kier alpha value is -1.09. The van der Waals surface area contributed by atoms with Crippen molar-refractivity contribution in [3.8, 4) is 0 Å². The fourth-order valence-electron chi connectivity index (χ4n) is 2.46. The molecule has 1 aromatic rings. The van der Waals surface area contributed by atoms with E-state index in [1.807, 2.05) is 25.5 Å². The maximum atomic E-state index is 12.0. The van der Waals surface area contributed by atoms with Crippen LogP contribution in [0.1, 0.15) is 26.1 Å². The fraction of sp³-hybridized carbons (Fsp3) is 0.786. The van der Waals surface area contributed by atoms with E-state index in [0.717, 1.165) is 5.82 Å². The number of sulfone groups is 1. The van der Waals surface area contributed by atoms with Gasteiger partial charge in [-0.05, 0) is 26.2 Å². The van der Waals surface area contributed by atoms with E-state index in [1.54, 1.807) is 11.9 Å². The van der Waals surface area contributed by atoms with Gasteiger partial charge in [0.2, 0.25) is 5.91 Å². The number of nitrogens with zero attached hydrogens (tertiary/aromatic N) is 4. The molecule has 1 fully saturated rings. The van der Waals surface area contributed by atoms with Crippen LogP contribution in [0.5, 0.6) is 0 Å². The highest BCUT2D eigenvalue weighted by molar-refractivity contribution is 7.99. The van der Waals surface area contributed by atoms with Gasteiger partial charge in [0.25, 0.3) is 0 Å². The first-order valence-corrected chi connectivity index (χ1v) is 10.5.